The molecule has 0 aliphatic carbocycles. The summed E-state index contributed by atoms with van der Waals surface area (Å²) in [5.74, 6) is 2.75. The molecule has 0 unspecified atom stereocenters. The van der Waals surface area contributed by atoms with Crippen molar-refractivity contribution in [1.82, 2.24) is 9.97 Å². The molecule has 1 aromatic rings. The molecule has 0 radical (unpaired) electrons. The number of anilines is 1. The number of hydrogen-bond acceptors (Lipinski definition) is 5. The van der Waals surface area contributed by atoms with Crippen LogP contribution < -0.4 is 4.90 Å². The van der Waals surface area contributed by atoms with Gasteiger partial charge in [0, 0.05) is 48.1 Å². The van der Waals surface area contributed by atoms with Crippen molar-refractivity contribution in [3.05, 3.63) is 17.0 Å². The van der Waals surface area contributed by atoms with E-state index in [-0.39, 0.29) is 0 Å². The third kappa shape index (κ3) is 3.63. The Balaban J connectivity index is 2.11. The Morgan fingerprint density at radius 1 is 1.44 bits per heavy atom. The lowest BCUT2D eigenvalue weighted by Crippen LogP contribution is -2.38. The Bertz CT molecular complexity index is 434. The Labute approximate surface area is 114 Å². The highest BCUT2D eigenvalue weighted by molar-refractivity contribution is 7.85. The van der Waals surface area contributed by atoms with Gasteiger partial charge in [-0.2, -0.15) is 0 Å². The van der Waals surface area contributed by atoms with Crippen molar-refractivity contribution in [3.63, 3.8) is 0 Å². The summed E-state index contributed by atoms with van der Waals surface area (Å²) in [7, 11) is -0.693. The smallest absolute Gasteiger partial charge is 0.158 e. The van der Waals surface area contributed by atoms with Crippen LogP contribution in [-0.2, 0) is 22.1 Å². The Morgan fingerprint density at radius 3 is 2.83 bits per heavy atom. The minimum atomic E-state index is -0.693. The fourth-order valence-corrected chi connectivity index (χ4v) is 2.99. The van der Waals surface area contributed by atoms with Crippen molar-refractivity contribution in [2.75, 3.05) is 36.1 Å². The van der Waals surface area contributed by atoms with Gasteiger partial charge in [0.1, 0.15) is 17.6 Å². The summed E-state index contributed by atoms with van der Waals surface area (Å²) in [6.45, 7) is 4.39. The summed E-state index contributed by atoms with van der Waals surface area (Å²) in [6, 6.07) is 1.74. The van der Waals surface area contributed by atoms with Crippen molar-refractivity contribution in [1.29, 1.82) is 0 Å². The molecule has 5 nitrogen and oxygen atoms in total. The second-order valence-corrected chi connectivity index (χ2v) is 6.02. The molecule has 0 amide bonds. The van der Waals surface area contributed by atoms with Crippen LogP contribution in [0.4, 0.5) is 5.82 Å². The van der Waals surface area contributed by atoms with Gasteiger partial charge in [0.25, 0.3) is 0 Å². The van der Waals surface area contributed by atoms with Gasteiger partial charge >= 0.3 is 0 Å². The van der Waals surface area contributed by atoms with Crippen molar-refractivity contribution in [2.45, 2.75) is 13.5 Å². The molecule has 0 spiro atoms. The third-order valence-electron chi connectivity index (χ3n) is 2.66. The fraction of sp³-hybridized carbons (Fsp3) is 0.636. The lowest BCUT2D eigenvalue weighted by Gasteiger charge is -2.27. The van der Waals surface area contributed by atoms with Gasteiger partial charge in [-0.15, -0.1) is 0 Å². The maximum absolute atomic E-state index is 11.3. The van der Waals surface area contributed by atoms with Crippen molar-refractivity contribution < 1.29 is 8.95 Å². The van der Waals surface area contributed by atoms with Crippen molar-refractivity contribution >= 4 is 28.2 Å². The highest BCUT2D eigenvalue weighted by Gasteiger charge is 2.17. The van der Waals surface area contributed by atoms with Crippen LogP contribution in [0.15, 0.2) is 6.07 Å². The molecule has 1 fully saturated rings. The molecule has 18 heavy (non-hydrogen) atoms. The summed E-state index contributed by atoms with van der Waals surface area (Å²) >= 11 is 5.98. The Hall–Kier alpha value is -0.720. The fourth-order valence-electron chi connectivity index (χ4n) is 1.74. The molecule has 1 saturated heterocycles. The van der Waals surface area contributed by atoms with Gasteiger partial charge in [-0.3, -0.25) is 4.21 Å². The van der Waals surface area contributed by atoms with Crippen LogP contribution in [0.25, 0.3) is 0 Å². The molecule has 1 aliphatic heterocycles. The predicted molar refractivity (Wildman–Crippen MR) is 72.5 cm³/mol. The summed E-state index contributed by atoms with van der Waals surface area (Å²) in [4.78, 5) is 10.6. The highest BCUT2D eigenvalue weighted by atomic mass is 35.5. The van der Waals surface area contributed by atoms with Gasteiger partial charge in [-0.25, -0.2) is 9.97 Å². The monoisotopic (exact) mass is 289 g/mol. The van der Waals surface area contributed by atoms with E-state index in [1.165, 1.54) is 0 Å². The lowest BCUT2D eigenvalue weighted by atomic mass is 10.4. The van der Waals surface area contributed by atoms with Gasteiger partial charge in [-0.1, -0.05) is 11.6 Å². The Morgan fingerprint density at radius 2 is 2.17 bits per heavy atom. The number of aromatic nitrogens is 2. The molecule has 0 atom stereocenters. The molecule has 100 valence electrons. The van der Waals surface area contributed by atoms with Gasteiger partial charge in [0.2, 0.25) is 0 Å². The van der Waals surface area contributed by atoms with E-state index in [0.717, 1.165) is 18.9 Å². The minimum absolute atomic E-state index is 0.365. The quantitative estimate of drug-likeness (QED) is 0.781. The molecule has 7 heteroatoms. The molecule has 0 bridgehead atoms. The molecule has 1 aliphatic rings. The van der Waals surface area contributed by atoms with Gasteiger partial charge in [-0.05, 0) is 6.92 Å². The van der Waals surface area contributed by atoms with Crippen LogP contribution in [-0.4, -0.2) is 45.4 Å². The summed E-state index contributed by atoms with van der Waals surface area (Å²) in [6.07, 6.45) is 0. The average Bonchev–Trinajstić information content (AvgIpc) is 2.36. The standard InChI is InChI=1S/C11H16ClN3O2S/c1-2-17-8-10-13-9(12)7-11(14-10)15-3-5-18(16)6-4-15/h7H,2-6,8H2,1H3. The first-order chi connectivity index (χ1) is 8.69. The number of halogens is 1. The molecular weight excluding hydrogens is 274 g/mol. The summed E-state index contributed by atoms with van der Waals surface area (Å²) < 4.78 is 16.6. The highest BCUT2D eigenvalue weighted by Crippen LogP contribution is 2.18. The van der Waals surface area contributed by atoms with Crippen LogP contribution in [0.5, 0.6) is 0 Å². The van der Waals surface area contributed by atoms with Gasteiger partial charge in [0.05, 0.1) is 0 Å². The summed E-state index contributed by atoms with van der Waals surface area (Å²) in [5, 5.41) is 0.418. The van der Waals surface area contributed by atoms with E-state index in [1.807, 2.05) is 6.92 Å². The first-order valence-electron chi connectivity index (χ1n) is 5.90. The van der Waals surface area contributed by atoms with E-state index >= 15 is 0 Å². The second-order valence-electron chi connectivity index (χ2n) is 3.94. The number of ether oxygens (including phenoxy) is 1. The predicted octanol–water partition coefficient (Wildman–Crippen LogP) is 1.24. The normalized spacial score (nSPS) is 17.1. The van der Waals surface area contributed by atoms with Crippen LogP contribution in [0.1, 0.15) is 12.7 Å². The molecule has 2 heterocycles. The SMILES string of the molecule is CCOCc1nc(Cl)cc(N2CCS(=O)CC2)n1. The van der Waals surface area contributed by atoms with Crippen LogP contribution in [0.2, 0.25) is 5.15 Å². The largest absolute Gasteiger partial charge is 0.374 e. The zero-order chi connectivity index (χ0) is 13.0. The van der Waals surface area contributed by atoms with Gasteiger partial charge in [0.15, 0.2) is 5.82 Å². The minimum Gasteiger partial charge on any atom is -0.374 e. The number of rotatable bonds is 4. The Kier molecular flexibility index (Phi) is 4.91. The number of hydrogen-bond donors (Lipinski definition) is 0. The van der Waals surface area contributed by atoms with Crippen LogP contribution in [0.3, 0.4) is 0 Å². The zero-order valence-corrected chi connectivity index (χ0v) is 11.8. The maximum atomic E-state index is 11.3. The summed E-state index contributed by atoms with van der Waals surface area (Å²) in [5.41, 5.74) is 0. The van der Waals surface area contributed by atoms with E-state index in [1.54, 1.807) is 6.07 Å². The van der Waals surface area contributed by atoms with E-state index < -0.39 is 10.8 Å². The number of nitrogens with zero attached hydrogens (tertiary/aromatic N) is 3. The topological polar surface area (TPSA) is 55.3 Å². The molecule has 0 N–H and O–H groups in total. The lowest BCUT2D eigenvalue weighted by molar-refractivity contribution is 0.128. The van der Waals surface area contributed by atoms with Crippen LogP contribution >= 0.6 is 11.6 Å². The maximum Gasteiger partial charge on any atom is 0.158 e. The third-order valence-corrected chi connectivity index (χ3v) is 4.13. The molecule has 0 aromatic carbocycles. The average molecular weight is 290 g/mol. The second kappa shape index (κ2) is 6.45. The van der Waals surface area contributed by atoms with E-state index in [4.69, 9.17) is 16.3 Å². The molecule has 2 rings (SSSR count). The van der Waals surface area contributed by atoms with Crippen LogP contribution in [0, 0.1) is 0 Å². The first kappa shape index (κ1) is 13.7. The molecular formula is C11H16ClN3O2S. The van der Waals surface area contributed by atoms with Gasteiger partial charge < -0.3 is 9.64 Å². The van der Waals surface area contributed by atoms with Crippen molar-refractivity contribution in [2.24, 2.45) is 0 Å². The van der Waals surface area contributed by atoms with E-state index in [2.05, 4.69) is 14.9 Å². The molecule has 0 saturated carbocycles. The molecule has 1 aromatic heterocycles. The van der Waals surface area contributed by atoms with E-state index in [9.17, 15) is 4.21 Å². The van der Waals surface area contributed by atoms with Crippen molar-refractivity contribution in [3.8, 4) is 0 Å². The zero-order valence-electron chi connectivity index (χ0n) is 10.3. The van der Waals surface area contributed by atoms with E-state index in [0.29, 0.717) is 35.7 Å². The first-order valence-corrected chi connectivity index (χ1v) is 7.76.